The van der Waals surface area contributed by atoms with E-state index in [0.29, 0.717) is 0 Å². The van der Waals surface area contributed by atoms with Crippen LogP contribution in [0.3, 0.4) is 0 Å². The number of nitrogens with one attached hydrogen (secondary N) is 1. The van der Waals surface area contributed by atoms with E-state index in [1.807, 2.05) is 17.8 Å². The number of para-hydroxylation sites is 1. The van der Waals surface area contributed by atoms with E-state index >= 15 is 0 Å². The van der Waals surface area contributed by atoms with Crippen LogP contribution in [0.25, 0.3) is 11.0 Å². The molecule has 0 saturated heterocycles. The van der Waals surface area contributed by atoms with E-state index in [9.17, 15) is 0 Å². The smallest absolute Gasteiger partial charge is 0.178 e. The lowest BCUT2D eigenvalue weighted by atomic mass is 10.2. The Balaban J connectivity index is 2.27. The van der Waals surface area contributed by atoms with Crippen LogP contribution in [-0.4, -0.2) is 21.1 Å². The molecule has 0 bridgehead atoms. The first-order valence-electron chi connectivity index (χ1n) is 5.61. The highest BCUT2D eigenvalue weighted by atomic mass is 32.2. The zero-order chi connectivity index (χ0) is 12.3. The predicted octanol–water partition coefficient (Wildman–Crippen LogP) is 3.93. The number of fused-ring (bicyclic) bond motifs is 1. The second kappa shape index (κ2) is 5.56. The predicted molar refractivity (Wildman–Crippen MR) is 79.4 cm³/mol. The average molecular weight is 264 g/mol. The van der Waals surface area contributed by atoms with Crippen molar-refractivity contribution in [1.29, 1.82) is 0 Å². The van der Waals surface area contributed by atoms with E-state index in [4.69, 9.17) is 12.2 Å². The maximum atomic E-state index is 5.37. The number of aromatic amines is 1. The van der Waals surface area contributed by atoms with Gasteiger partial charge < -0.3 is 9.55 Å². The van der Waals surface area contributed by atoms with Crippen molar-refractivity contribution >= 4 is 35.0 Å². The Bertz CT molecular complexity index is 581. The first-order chi connectivity index (χ1) is 8.24. The SMILES string of the molecule is C=CCSCCn1c(=S)[nH]c2c(C)cccc21. The van der Waals surface area contributed by atoms with Crippen LogP contribution in [0.5, 0.6) is 0 Å². The Morgan fingerprint density at radius 1 is 1.53 bits per heavy atom. The van der Waals surface area contributed by atoms with Gasteiger partial charge in [-0.2, -0.15) is 11.8 Å². The average Bonchev–Trinajstić information content (AvgIpc) is 2.63. The lowest BCUT2D eigenvalue weighted by Gasteiger charge is -2.03. The number of thioether (sulfide) groups is 1. The molecule has 1 heterocycles. The second-order valence-corrected chi connectivity index (χ2v) is 5.45. The highest BCUT2D eigenvalue weighted by molar-refractivity contribution is 7.99. The van der Waals surface area contributed by atoms with Gasteiger partial charge in [0.2, 0.25) is 0 Å². The van der Waals surface area contributed by atoms with E-state index < -0.39 is 0 Å². The summed E-state index contributed by atoms with van der Waals surface area (Å²) in [5, 5.41) is 0. The van der Waals surface area contributed by atoms with Gasteiger partial charge in [0.15, 0.2) is 4.77 Å². The minimum Gasteiger partial charge on any atom is -0.330 e. The van der Waals surface area contributed by atoms with Gasteiger partial charge in [-0.05, 0) is 30.8 Å². The summed E-state index contributed by atoms with van der Waals surface area (Å²) in [6.07, 6.45) is 1.93. The third-order valence-electron chi connectivity index (χ3n) is 2.71. The summed E-state index contributed by atoms with van der Waals surface area (Å²) in [5.41, 5.74) is 3.60. The van der Waals surface area contributed by atoms with Gasteiger partial charge in [0.25, 0.3) is 0 Å². The molecule has 90 valence electrons. The standard InChI is InChI=1S/C13H16N2S2/c1-3-8-17-9-7-15-11-6-4-5-10(2)12(11)14-13(15)16/h3-6H,1,7-9H2,2H3,(H,14,16). The molecule has 0 saturated carbocycles. The fraction of sp³-hybridized carbons (Fsp3) is 0.308. The summed E-state index contributed by atoms with van der Waals surface area (Å²) in [5.74, 6) is 2.05. The number of benzene rings is 1. The number of hydrogen-bond acceptors (Lipinski definition) is 2. The second-order valence-electron chi connectivity index (χ2n) is 3.91. The summed E-state index contributed by atoms with van der Waals surface area (Å²) < 4.78 is 2.99. The van der Waals surface area contributed by atoms with E-state index in [1.54, 1.807) is 0 Å². The van der Waals surface area contributed by atoms with E-state index in [-0.39, 0.29) is 0 Å². The molecular weight excluding hydrogens is 248 g/mol. The van der Waals surface area contributed by atoms with Crippen LogP contribution in [0.4, 0.5) is 0 Å². The Hall–Kier alpha value is -1.00. The molecule has 0 spiro atoms. The van der Waals surface area contributed by atoms with Crippen molar-refractivity contribution in [2.45, 2.75) is 13.5 Å². The molecule has 4 heteroatoms. The Labute approximate surface area is 111 Å². The van der Waals surface area contributed by atoms with Crippen molar-refractivity contribution in [2.24, 2.45) is 0 Å². The first-order valence-corrected chi connectivity index (χ1v) is 7.17. The number of H-pyrrole nitrogens is 1. The van der Waals surface area contributed by atoms with Crippen molar-refractivity contribution in [3.8, 4) is 0 Å². The van der Waals surface area contributed by atoms with Crippen LogP contribution in [0.2, 0.25) is 0 Å². The highest BCUT2D eigenvalue weighted by Crippen LogP contribution is 2.18. The fourth-order valence-corrected chi connectivity index (χ4v) is 2.80. The van der Waals surface area contributed by atoms with Gasteiger partial charge >= 0.3 is 0 Å². The van der Waals surface area contributed by atoms with E-state index in [2.05, 4.69) is 41.3 Å². The molecule has 0 radical (unpaired) electrons. The topological polar surface area (TPSA) is 20.7 Å². The van der Waals surface area contributed by atoms with Gasteiger partial charge in [-0.25, -0.2) is 0 Å². The summed E-state index contributed by atoms with van der Waals surface area (Å²) in [4.78, 5) is 3.28. The Morgan fingerprint density at radius 3 is 3.12 bits per heavy atom. The van der Waals surface area contributed by atoms with Gasteiger partial charge in [0.1, 0.15) is 0 Å². The zero-order valence-corrected chi connectivity index (χ0v) is 11.5. The maximum Gasteiger partial charge on any atom is 0.178 e. The quantitative estimate of drug-likeness (QED) is 0.502. The van der Waals surface area contributed by atoms with Crippen LogP contribution in [0.1, 0.15) is 5.56 Å². The lowest BCUT2D eigenvalue weighted by Crippen LogP contribution is -2.00. The lowest BCUT2D eigenvalue weighted by molar-refractivity contribution is 0.784. The van der Waals surface area contributed by atoms with E-state index in [0.717, 1.165) is 28.3 Å². The largest absolute Gasteiger partial charge is 0.330 e. The van der Waals surface area contributed by atoms with Gasteiger partial charge in [-0.1, -0.05) is 18.2 Å². The van der Waals surface area contributed by atoms with Gasteiger partial charge in [-0.15, -0.1) is 6.58 Å². The number of nitrogens with zero attached hydrogens (tertiary/aromatic N) is 1. The van der Waals surface area contributed by atoms with Crippen molar-refractivity contribution in [2.75, 3.05) is 11.5 Å². The van der Waals surface area contributed by atoms with Crippen molar-refractivity contribution in [3.05, 3.63) is 41.2 Å². The molecule has 1 aromatic carbocycles. The molecule has 0 aliphatic heterocycles. The molecule has 0 atom stereocenters. The molecule has 0 unspecified atom stereocenters. The third kappa shape index (κ3) is 2.64. The Kier molecular flexibility index (Phi) is 4.07. The number of imidazole rings is 1. The van der Waals surface area contributed by atoms with Crippen LogP contribution in [-0.2, 0) is 6.54 Å². The summed E-state index contributed by atoms with van der Waals surface area (Å²) in [7, 11) is 0. The summed E-state index contributed by atoms with van der Waals surface area (Å²) in [6.45, 7) is 6.77. The molecular formula is C13H16N2S2. The molecule has 0 fully saturated rings. The molecule has 2 nitrogen and oxygen atoms in total. The zero-order valence-electron chi connectivity index (χ0n) is 9.90. The molecule has 1 aromatic heterocycles. The summed E-state index contributed by atoms with van der Waals surface area (Å²) in [6, 6.07) is 6.30. The molecule has 1 N–H and O–H groups in total. The molecule has 2 aromatic rings. The normalized spacial score (nSPS) is 10.9. The minimum atomic E-state index is 0.813. The monoisotopic (exact) mass is 264 g/mol. The van der Waals surface area contributed by atoms with Crippen LogP contribution >= 0.6 is 24.0 Å². The molecule has 17 heavy (non-hydrogen) atoms. The third-order valence-corrected chi connectivity index (χ3v) is 3.98. The number of aromatic nitrogens is 2. The summed E-state index contributed by atoms with van der Waals surface area (Å²) >= 11 is 7.24. The fourth-order valence-electron chi connectivity index (χ4n) is 1.87. The van der Waals surface area contributed by atoms with Crippen LogP contribution in [0.15, 0.2) is 30.9 Å². The van der Waals surface area contributed by atoms with Gasteiger partial charge in [-0.3, -0.25) is 0 Å². The highest BCUT2D eigenvalue weighted by Gasteiger charge is 2.05. The van der Waals surface area contributed by atoms with Crippen molar-refractivity contribution < 1.29 is 0 Å². The van der Waals surface area contributed by atoms with Crippen LogP contribution < -0.4 is 0 Å². The molecule has 0 aliphatic rings. The maximum absolute atomic E-state index is 5.37. The van der Waals surface area contributed by atoms with E-state index in [1.165, 1.54) is 11.1 Å². The van der Waals surface area contributed by atoms with Crippen molar-refractivity contribution in [3.63, 3.8) is 0 Å². The molecule has 2 rings (SSSR count). The van der Waals surface area contributed by atoms with Gasteiger partial charge in [0, 0.05) is 18.1 Å². The molecule has 0 amide bonds. The van der Waals surface area contributed by atoms with Crippen LogP contribution in [0, 0.1) is 11.7 Å². The number of aryl methyl sites for hydroxylation is 2. The number of hydrogen-bond donors (Lipinski definition) is 1. The Morgan fingerprint density at radius 2 is 2.35 bits per heavy atom. The van der Waals surface area contributed by atoms with Crippen molar-refractivity contribution in [1.82, 2.24) is 9.55 Å². The number of rotatable bonds is 5. The minimum absolute atomic E-state index is 0.813. The first kappa shape index (κ1) is 12.5. The molecule has 0 aliphatic carbocycles. The van der Waals surface area contributed by atoms with Gasteiger partial charge in [0.05, 0.1) is 11.0 Å².